The van der Waals surface area contributed by atoms with Crippen LogP contribution in [0.15, 0.2) is 0 Å². The van der Waals surface area contributed by atoms with Gasteiger partial charge in [-0.3, -0.25) is 0 Å². The summed E-state index contributed by atoms with van der Waals surface area (Å²) < 4.78 is 0. The Morgan fingerprint density at radius 2 is 0.500 bits per heavy atom. The van der Waals surface area contributed by atoms with E-state index in [0.717, 1.165) is 0 Å². The van der Waals surface area contributed by atoms with Crippen LogP contribution in [0.5, 0.6) is 0 Å². The predicted molar refractivity (Wildman–Crippen MR) is 0 cm³/mol. The molecule has 0 aliphatic rings. The molecule has 0 aromatic rings. The second-order valence-electron chi connectivity index (χ2n) is 0. The number of hydrogen-bond acceptors (Lipinski definition) is 0. The minimum absolute atomic E-state index is 0. The van der Waals surface area contributed by atoms with E-state index >= 15 is 0 Å². The second-order valence-corrected chi connectivity index (χ2v) is 0. The summed E-state index contributed by atoms with van der Waals surface area (Å²) in [5.41, 5.74) is 0. The zero-order valence-corrected chi connectivity index (χ0v) is 9.78. The van der Waals surface area contributed by atoms with E-state index in [1.807, 2.05) is 0 Å². The van der Waals surface area contributed by atoms with Gasteiger partial charge in [-0.2, -0.15) is 0 Å². The fraction of sp³-hybridized carbons (Fsp3) is 0. The Hall–Kier alpha value is 3.00. The normalized spacial score (nSPS) is 0. The molecule has 0 saturated heterocycles. The minimum Gasteiger partial charge on any atom is 0 e. The first-order chi connectivity index (χ1) is 0. The van der Waals surface area contributed by atoms with Crippen LogP contribution >= 0.6 is 0 Å². The van der Waals surface area contributed by atoms with Crippen molar-refractivity contribution < 1.29 is 91.2 Å². The van der Waals surface area contributed by atoms with Crippen LogP contribution in [-0.2, 0) is 61.3 Å². The van der Waals surface area contributed by atoms with Gasteiger partial charge in [0.2, 0.25) is 0 Å². The predicted octanol–water partition coefficient (Wildman–Crippen LogP) is -0.00750. The summed E-state index contributed by atoms with van der Waals surface area (Å²) in [5.74, 6) is 0. The molecule has 4 heteroatoms. The van der Waals surface area contributed by atoms with E-state index in [4.69, 9.17) is 0 Å². The summed E-state index contributed by atoms with van der Waals surface area (Å²) in [4.78, 5) is 0. The molecule has 0 aromatic heterocycles. The maximum absolute atomic E-state index is 0. The van der Waals surface area contributed by atoms with Crippen molar-refractivity contribution in [1.82, 2.24) is 0 Å². The summed E-state index contributed by atoms with van der Waals surface area (Å²) >= 11 is 0. The fourth-order valence-electron chi connectivity index (χ4n) is 0. The van der Waals surface area contributed by atoms with E-state index in [0.29, 0.717) is 0 Å². The van der Waals surface area contributed by atoms with Gasteiger partial charge in [-0.25, -0.2) is 0 Å². The van der Waals surface area contributed by atoms with Crippen LogP contribution in [-0.4, -0.2) is 0 Å². The summed E-state index contributed by atoms with van der Waals surface area (Å²) in [7, 11) is 0. The van der Waals surface area contributed by atoms with Crippen LogP contribution in [0.2, 0.25) is 0 Å². The average molecular weight is 556 g/mol. The Morgan fingerprint density at radius 1 is 0.500 bits per heavy atom. The molecule has 0 aliphatic heterocycles. The van der Waals surface area contributed by atoms with Gasteiger partial charge < -0.3 is 0 Å². The van der Waals surface area contributed by atoms with Crippen LogP contribution in [0, 0.1) is 29.9 Å². The third-order valence-corrected chi connectivity index (χ3v) is 0. The third kappa shape index (κ3) is 8.89. The molecule has 35 valence electrons. The molecule has 0 unspecified atom stereocenters. The molecule has 0 rings (SSSR count). The molecular formula is NpPd3. The topological polar surface area (TPSA) is 0 Å². The fourth-order valence-corrected chi connectivity index (χ4v) is 0. The van der Waals surface area contributed by atoms with Gasteiger partial charge in [0.25, 0.3) is 0 Å². The summed E-state index contributed by atoms with van der Waals surface area (Å²) in [6.07, 6.45) is 0. The Bertz CT molecular complexity index is 3.25. The molecule has 1 radical (unpaired) electrons. The molecule has 4 heavy (non-hydrogen) atoms. The largest absolute Gasteiger partial charge is 0 e. The molecule has 0 spiro atoms. The van der Waals surface area contributed by atoms with Crippen LogP contribution < -0.4 is 0 Å². The molecule has 0 aromatic carbocycles. The third-order valence-electron chi connectivity index (χ3n) is 0. The van der Waals surface area contributed by atoms with Gasteiger partial charge in [0.1, 0.15) is 0 Å². The maximum Gasteiger partial charge on any atom is 0 e. The van der Waals surface area contributed by atoms with Gasteiger partial charge in [-0.05, 0) is 0 Å². The SMILES string of the molecule is [Np].[Pd].[Pd].[Pd]. The first kappa shape index (κ1) is 28.0. The second kappa shape index (κ2) is 16.7. The van der Waals surface area contributed by atoms with Crippen molar-refractivity contribution in [1.29, 1.82) is 0 Å². The molecule has 0 bridgehead atoms. The minimum atomic E-state index is 0. The van der Waals surface area contributed by atoms with Gasteiger partial charge in [-0.15, -0.1) is 0 Å². The molecule has 0 fully saturated rings. The van der Waals surface area contributed by atoms with E-state index in [9.17, 15) is 0 Å². The van der Waals surface area contributed by atoms with Crippen LogP contribution in [0.4, 0.5) is 0 Å². The molecule has 0 amide bonds. The van der Waals surface area contributed by atoms with Crippen molar-refractivity contribution in [3.63, 3.8) is 0 Å². The summed E-state index contributed by atoms with van der Waals surface area (Å²) in [6, 6.07) is 0. The Kier molecular flexibility index (Phi) is 117. The number of rotatable bonds is 0. The monoisotopic (exact) mass is 554 g/mol. The first-order valence-corrected chi connectivity index (χ1v) is 0. The van der Waals surface area contributed by atoms with Gasteiger partial charge in [0.15, 0.2) is 0 Å². The van der Waals surface area contributed by atoms with Crippen molar-refractivity contribution in [2.45, 2.75) is 0 Å². The Labute approximate surface area is 89.5 Å². The quantitative estimate of drug-likeness (QED) is 0.369. The summed E-state index contributed by atoms with van der Waals surface area (Å²) in [5, 5.41) is 0. The summed E-state index contributed by atoms with van der Waals surface area (Å²) in [6.45, 7) is 0. The Balaban J connectivity index is 0. The molecule has 0 aliphatic carbocycles. The molecular weight excluding hydrogens is 556 g/mol. The molecule has 0 saturated carbocycles. The van der Waals surface area contributed by atoms with Gasteiger partial charge in [0.05, 0.1) is 0 Å². The van der Waals surface area contributed by atoms with E-state index in [-0.39, 0.29) is 91.2 Å². The van der Waals surface area contributed by atoms with E-state index in [2.05, 4.69) is 0 Å². The van der Waals surface area contributed by atoms with Crippen molar-refractivity contribution in [2.24, 2.45) is 0 Å². The average Bonchev–Trinajstić information content (AvgIpc) is 0. The molecule has 0 heterocycles. The molecule has 0 atom stereocenters. The van der Waals surface area contributed by atoms with Crippen LogP contribution in [0.3, 0.4) is 0 Å². The molecule has 0 N–H and O–H groups in total. The van der Waals surface area contributed by atoms with Crippen LogP contribution in [0.25, 0.3) is 0 Å². The molecule has 0 nitrogen and oxygen atoms in total. The van der Waals surface area contributed by atoms with E-state index in [1.54, 1.807) is 0 Å². The number of hydrogen-bond donors (Lipinski definition) is 0. The smallest absolute Gasteiger partial charge is 0 e. The van der Waals surface area contributed by atoms with E-state index < -0.39 is 0 Å². The van der Waals surface area contributed by atoms with Crippen molar-refractivity contribution in [3.05, 3.63) is 0 Å². The van der Waals surface area contributed by atoms with Crippen molar-refractivity contribution in [3.8, 4) is 0 Å². The van der Waals surface area contributed by atoms with Crippen LogP contribution in [0.1, 0.15) is 0 Å². The van der Waals surface area contributed by atoms with Gasteiger partial charge >= 0.3 is 0 Å². The zero-order valence-electron chi connectivity index (χ0n) is 1.40. The van der Waals surface area contributed by atoms with Gasteiger partial charge in [-0.1, -0.05) is 0 Å². The zero-order chi connectivity index (χ0) is 0. The first-order valence-electron chi connectivity index (χ1n) is 0. The van der Waals surface area contributed by atoms with Gasteiger partial charge in [0, 0.05) is 91.2 Å². The Morgan fingerprint density at radius 3 is 0.500 bits per heavy atom. The maximum atomic E-state index is 0. The van der Waals surface area contributed by atoms with Crippen molar-refractivity contribution >= 4 is 0 Å². The standard InChI is InChI=1S/Np.3Pd. The van der Waals surface area contributed by atoms with Crippen molar-refractivity contribution in [2.75, 3.05) is 0 Å². The van der Waals surface area contributed by atoms with E-state index in [1.165, 1.54) is 0 Å².